The smallest absolute Gasteiger partial charge is 0.308 e. The van der Waals surface area contributed by atoms with E-state index in [4.69, 9.17) is 14.2 Å². The number of carbonyl (C=O) groups is 2. The van der Waals surface area contributed by atoms with Crippen LogP contribution in [0.1, 0.15) is 37.6 Å². The number of hydrogen-bond acceptors (Lipinski definition) is 7. The molecule has 1 N–H and O–H groups in total. The highest BCUT2D eigenvalue weighted by Crippen LogP contribution is 2.26. The lowest BCUT2D eigenvalue weighted by atomic mass is 10.0. The van der Waals surface area contributed by atoms with E-state index in [2.05, 4.69) is 10.3 Å². The molecular weight excluding hydrogens is 428 g/mol. The van der Waals surface area contributed by atoms with E-state index in [1.165, 1.54) is 18.3 Å². The highest BCUT2D eigenvalue weighted by atomic mass is 32.1. The number of thiazole rings is 1. The standard InChI is InChI=1S/C24H26N2O5S/c1-4-30-21-11-7-18(8-12-21)24-26-19(15-32-24)14-31-23(28)13-22(25-16(2)27)17-5-9-20(29-3)10-6-17/h5-12,15,22H,4,13-14H2,1-3H3,(H,25,27). The normalized spacial score (nSPS) is 11.5. The molecule has 1 amide bonds. The molecule has 3 rings (SSSR count). The predicted octanol–water partition coefficient (Wildman–Crippen LogP) is 4.53. The molecule has 0 aliphatic rings. The van der Waals surface area contributed by atoms with Gasteiger partial charge in [-0.15, -0.1) is 11.3 Å². The first-order valence-electron chi connectivity index (χ1n) is 10.2. The maximum Gasteiger partial charge on any atom is 0.308 e. The monoisotopic (exact) mass is 454 g/mol. The van der Waals surface area contributed by atoms with Crippen LogP contribution in [0.3, 0.4) is 0 Å². The van der Waals surface area contributed by atoms with Gasteiger partial charge in [-0.1, -0.05) is 12.1 Å². The number of nitrogens with one attached hydrogen (secondary N) is 1. The number of aromatic nitrogens is 1. The van der Waals surface area contributed by atoms with Gasteiger partial charge >= 0.3 is 5.97 Å². The van der Waals surface area contributed by atoms with Crippen molar-refractivity contribution in [1.29, 1.82) is 0 Å². The number of methoxy groups -OCH3 is 1. The van der Waals surface area contributed by atoms with Crippen molar-refractivity contribution in [3.8, 4) is 22.1 Å². The molecule has 1 atom stereocenters. The van der Waals surface area contributed by atoms with Crippen molar-refractivity contribution in [2.45, 2.75) is 32.9 Å². The highest BCUT2D eigenvalue weighted by Gasteiger charge is 2.19. The summed E-state index contributed by atoms with van der Waals surface area (Å²) in [4.78, 5) is 28.6. The number of amides is 1. The molecule has 3 aromatic rings. The van der Waals surface area contributed by atoms with Gasteiger partial charge in [0.1, 0.15) is 23.1 Å². The van der Waals surface area contributed by atoms with Gasteiger partial charge in [0.15, 0.2) is 0 Å². The molecule has 2 aromatic carbocycles. The minimum absolute atomic E-state index is 0.0157. The molecule has 168 valence electrons. The van der Waals surface area contributed by atoms with Crippen LogP contribution in [0.2, 0.25) is 0 Å². The first kappa shape index (κ1) is 23.3. The van der Waals surface area contributed by atoms with Gasteiger partial charge in [-0.2, -0.15) is 0 Å². The van der Waals surface area contributed by atoms with E-state index in [0.29, 0.717) is 18.1 Å². The summed E-state index contributed by atoms with van der Waals surface area (Å²) in [5, 5.41) is 5.51. The van der Waals surface area contributed by atoms with Gasteiger partial charge in [-0.3, -0.25) is 9.59 Å². The Bertz CT molecular complexity index is 1030. The second kappa shape index (κ2) is 11.3. The van der Waals surface area contributed by atoms with Crippen LogP contribution in [0.4, 0.5) is 0 Å². The average molecular weight is 455 g/mol. The zero-order valence-corrected chi connectivity index (χ0v) is 19.1. The van der Waals surface area contributed by atoms with Gasteiger partial charge in [-0.25, -0.2) is 4.98 Å². The Morgan fingerprint density at radius 3 is 2.38 bits per heavy atom. The van der Waals surface area contributed by atoms with E-state index >= 15 is 0 Å². The summed E-state index contributed by atoms with van der Waals surface area (Å²) in [6, 6.07) is 14.4. The first-order chi connectivity index (χ1) is 15.5. The minimum Gasteiger partial charge on any atom is -0.497 e. The second-order valence-corrected chi connectivity index (χ2v) is 7.85. The molecule has 1 unspecified atom stereocenters. The Kier molecular flexibility index (Phi) is 8.21. The molecule has 0 radical (unpaired) electrons. The van der Waals surface area contributed by atoms with Crippen molar-refractivity contribution >= 4 is 23.2 Å². The lowest BCUT2D eigenvalue weighted by Gasteiger charge is -2.18. The number of rotatable bonds is 10. The van der Waals surface area contributed by atoms with Crippen LogP contribution in [0.25, 0.3) is 10.6 Å². The highest BCUT2D eigenvalue weighted by molar-refractivity contribution is 7.13. The zero-order valence-electron chi connectivity index (χ0n) is 18.3. The molecule has 7 nitrogen and oxygen atoms in total. The van der Waals surface area contributed by atoms with E-state index < -0.39 is 12.0 Å². The van der Waals surface area contributed by atoms with Crippen LogP contribution in [0, 0.1) is 0 Å². The fraction of sp³-hybridized carbons (Fsp3) is 0.292. The maximum atomic E-state index is 12.4. The Balaban J connectivity index is 1.58. The summed E-state index contributed by atoms with van der Waals surface area (Å²) in [5.74, 6) is 0.866. The van der Waals surface area contributed by atoms with Crippen LogP contribution < -0.4 is 14.8 Å². The van der Waals surface area contributed by atoms with Gasteiger partial charge in [0.2, 0.25) is 5.91 Å². The van der Waals surface area contributed by atoms with Crippen molar-refractivity contribution in [2.75, 3.05) is 13.7 Å². The number of hydrogen-bond donors (Lipinski definition) is 1. The molecule has 0 aliphatic carbocycles. The minimum atomic E-state index is -0.485. The van der Waals surface area contributed by atoms with Gasteiger partial charge < -0.3 is 19.5 Å². The van der Waals surface area contributed by atoms with E-state index in [9.17, 15) is 9.59 Å². The van der Waals surface area contributed by atoms with Crippen molar-refractivity contribution in [2.24, 2.45) is 0 Å². The second-order valence-electron chi connectivity index (χ2n) is 6.99. The molecule has 0 aliphatic heterocycles. The number of benzene rings is 2. The summed E-state index contributed by atoms with van der Waals surface area (Å²) in [7, 11) is 1.58. The third-order valence-corrected chi connectivity index (χ3v) is 5.55. The third kappa shape index (κ3) is 6.55. The van der Waals surface area contributed by atoms with Crippen molar-refractivity contribution in [3.63, 3.8) is 0 Å². The van der Waals surface area contributed by atoms with Crippen LogP contribution >= 0.6 is 11.3 Å². The van der Waals surface area contributed by atoms with E-state index in [-0.39, 0.29) is 18.9 Å². The number of esters is 1. The number of ether oxygens (including phenoxy) is 3. The molecule has 0 spiro atoms. The van der Waals surface area contributed by atoms with Crippen LogP contribution in [-0.4, -0.2) is 30.6 Å². The molecule has 0 saturated carbocycles. The number of carbonyl (C=O) groups excluding carboxylic acids is 2. The van der Waals surface area contributed by atoms with Crippen LogP contribution in [-0.2, 0) is 20.9 Å². The quantitative estimate of drug-likeness (QED) is 0.453. The molecule has 1 heterocycles. The zero-order chi connectivity index (χ0) is 22.9. The largest absolute Gasteiger partial charge is 0.497 e. The van der Waals surface area contributed by atoms with E-state index in [1.54, 1.807) is 19.2 Å². The summed E-state index contributed by atoms with van der Waals surface area (Å²) in [5.41, 5.74) is 2.44. The topological polar surface area (TPSA) is 86.8 Å². The maximum absolute atomic E-state index is 12.4. The van der Waals surface area contributed by atoms with Crippen LogP contribution in [0.5, 0.6) is 11.5 Å². The molecule has 0 saturated heterocycles. The molecular formula is C24H26N2O5S. The van der Waals surface area contributed by atoms with E-state index in [1.807, 2.05) is 48.7 Å². The summed E-state index contributed by atoms with van der Waals surface area (Å²) in [6.45, 7) is 4.05. The van der Waals surface area contributed by atoms with Crippen molar-refractivity contribution < 1.29 is 23.8 Å². The van der Waals surface area contributed by atoms with Crippen molar-refractivity contribution in [3.05, 3.63) is 65.2 Å². The van der Waals surface area contributed by atoms with E-state index in [0.717, 1.165) is 21.9 Å². The molecule has 0 bridgehead atoms. The Morgan fingerprint density at radius 2 is 1.75 bits per heavy atom. The Labute approximate surface area is 191 Å². The Morgan fingerprint density at radius 1 is 1.06 bits per heavy atom. The molecule has 8 heteroatoms. The summed E-state index contributed by atoms with van der Waals surface area (Å²) >= 11 is 1.48. The molecule has 32 heavy (non-hydrogen) atoms. The summed E-state index contributed by atoms with van der Waals surface area (Å²) < 4.78 is 16.0. The number of nitrogens with zero attached hydrogens (tertiary/aromatic N) is 1. The van der Waals surface area contributed by atoms with Gasteiger partial charge in [0, 0.05) is 17.9 Å². The van der Waals surface area contributed by atoms with Gasteiger partial charge in [0.25, 0.3) is 0 Å². The molecule has 0 fully saturated rings. The third-order valence-electron chi connectivity index (χ3n) is 4.61. The molecule has 1 aromatic heterocycles. The fourth-order valence-corrected chi connectivity index (χ4v) is 3.89. The van der Waals surface area contributed by atoms with Gasteiger partial charge in [-0.05, 0) is 48.9 Å². The Hall–Kier alpha value is -3.39. The van der Waals surface area contributed by atoms with Gasteiger partial charge in [0.05, 0.1) is 31.9 Å². The predicted molar refractivity (Wildman–Crippen MR) is 123 cm³/mol. The fourth-order valence-electron chi connectivity index (χ4n) is 3.08. The SMILES string of the molecule is CCOc1ccc(-c2nc(COC(=O)CC(NC(C)=O)c3ccc(OC)cc3)cs2)cc1. The lowest BCUT2D eigenvalue weighted by Crippen LogP contribution is -2.28. The lowest BCUT2D eigenvalue weighted by molar-refractivity contribution is -0.145. The average Bonchev–Trinajstić information content (AvgIpc) is 3.27. The van der Waals surface area contributed by atoms with Crippen LogP contribution in [0.15, 0.2) is 53.9 Å². The van der Waals surface area contributed by atoms with Crippen molar-refractivity contribution in [1.82, 2.24) is 10.3 Å². The first-order valence-corrected chi connectivity index (χ1v) is 11.1. The summed E-state index contributed by atoms with van der Waals surface area (Å²) in [6.07, 6.45) is 0.0157.